The molecule has 0 bridgehead atoms. The number of aliphatic hydroxyl groups excluding tert-OH is 1. The van der Waals surface area contributed by atoms with Gasteiger partial charge in [0.1, 0.15) is 0 Å². The maximum atomic E-state index is 11.0. The minimum atomic E-state index is -0.572. The number of H-pyrrole nitrogens is 1. The van der Waals surface area contributed by atoms with Crippen molar-refractivity contribution >= 4 is 11.1 Å². The molecule has 2 rings (SSSR count). The van der Waals surface area contributed by atoms with Gasteiger partial charge in [-0.2, -0.15) is 0 Å². The lowest BCUT2D eigenvalue weighted by Gasteiger charge is -2.29. The number of hydrogen-bond acceptors (Lipinski definition) is 3. The molecule has 0 aliphatic carbocycles. The highest BCUT2D eigenvalue weighted by Gasteiger charge is 2.27. The average Bonchev–Trinajstić information content (AvgIpc) is 2.66. The highest BCUT2D eigenvalue weighted by atomic mass is 16.4. The highest BCUT2D eigenvalue weighted by Crippen LogP contribution is 2.36. The van der Waals surface area contributed by atoms with E-state index in [2.05, 4.69) is 4.98 Å². The Morgan fingerprint density at radius 3 is 2.82 bits per heavy atom. The molecule has 1 heterocycles. The molecule has 2 N–H and O–H groups in total. The summed E-state index contributed by atoms with van der Waals surface area (Å²) in [6.07, 6.45) is 0.292. The Balaban J connectivity index is 2.45. The Morgan fingerprint density at radius 1 is 1.47 bits per heavy atom. The minimum Gasteiger partial charge on any atom is -0.408 e. The maximum Gasteiger partial charge on any atom is 0.417 e. The van der Waals surface area contributed by atoms with Gasteiger partial charge in [-0.15, -0.1) is 0 Å². The van der Waals surface area contributed by atoms with Gasteiger partial charge in [-0.25, -0.2) is 4.79 Å². The fourth-order valence-corrected chi connectivity index (χ4v) is 1.78. The lowest BCUT2D eigenvalue weighted by Crippen LogP contribution is -2.20. The second-order valence-corrected chi connectivity index (χ2v) is 5.01. The van der Waals surface area contributed by atoms with Crippen molar-refractivity contribution < 1.29 is 9.52 Å². The highest BCUT2D eigenvalue weighted by molar-refractivity contribution is 5.72. The molecule has 1 aromatic carbocycles. The van der Waals surface area contributed by atoms with E-state index in [0.29, 0.717) is 11.1 Å². The molecule has 0 fully saturated rings. The van der Waals surface area contributed by atoms with Crippen LogP contribution in [0.1, 0.15) is 38.9 Å². The Bertz CT molecular complexity index is 580. The van der Waals surface area contributed by atoms with Crippen LogP contribution in [0.2, 0.25) is 0 Å². The van der Waals surface area contributed by atoms with Crippen LogP contribution >= 0.6 is 0 Å². The number of oxazole rings is 1. The number of aromatic nitrogens is 1. The number of nitrogens with one attached hydrogen (secondary N) is 1. The van der Waals surface area contributed by atoms with E-state index < -0.39 is 11.9 Å². The fourth-order valence-electron chi connectivity index (χ4n) is 1.78. The van der Waals surface area contributed by atoms with Crippen molar-refractivity contribution in [2.24, 2.45) is 5.41 Å². The predicted octanol–water partition coefficient (Wildman–Crippen LogP) is 2.59. The summed E-state index contributed by atoms with van der Waals surface area (Å²) in [4.78, 5) is 13.6. The monoisotopic (exact) mass is 235 g/mol. The summed E-state index contributed by atoms with van der Waals surface area (Å²) in [7, 11) is 0. The van der Waals surface area contributed by atoms with Gasteiger partial charge in [-0.1, -0.05) is 26.8 Å². The molecule has 0 aliphatic heterocycles. The first-order valence-electron chi connectivity index (χ1n) is 5.75. The average molecular weight is 235 g/mol. The van der Waals surface area contributed by atoms with Crippen LogP contribution in [0.4, 0.5) is 0 Å². The molecule has 4 heteroatoms. The molecule has 1 unspecified atom stereocenters. The molecule has 0 radical (unpaired) electrons. The number of hydrogen-bond donors (Lipinski definition) is 2. The zero-order valence-corrected chi connectivity index (χ0v) is 10.3. The Kier molecular flexibility index (Phi) is 2.83. The third-order valence-corrected chi connectivity index (χ3v) is 3.41. The van der Waals surface area contributed by atoms with E-state index in [1.807, 2.05) is 26.8 Å². The van der Waals surface area contributed by atoms with Crippen molar-refractivity contribution in [2.75, 3.05) is 0 Å². The molecule has 2 aromatic rings. The van der Waals surface area contributed by atoms with Gasteiger partial charge in [0.25, 0.3) is 0 Å². The van der Waals surface area contributed by atoms with Crippen LogP contribution in [-0.2, 0) is 0 Å². The fraction of sp³-hybridized carbons (Fsp3) is 0.462. The number of fused-ring (bicyclic) bond motifs is 1. The van der Waals surface area contributed by atoms with Crippen LogP contribution in [0, 0.1) is 5.41 Å². The largest absolute Gasteiger partial charge is 0.417 e. The predicted molar refractivity (Wildman–Crippen MR) is 65.9 cm³/mol. The Morgan fingerprint density at radius 2 is 2.18 bits per heavy atom. The lowest BCUT2D eigenvalue weighted by molar-refractivity contribution is 0.0466. The molecule has 4 nitrogen and oxygen atoms in total. The first-order chi connectivity index (χ1) is 7.94. The topological polar surface area (TPSA) is 66.2 Å². The van der Waals surface area contributed by atoms with E-state index in [1.54, 1.807) is 12.1 Å². The standard InChI is InChI=1S/C13H17NO3/c1-4-13(2,3)11(15)8-5-6-9-10(7-8)17-12(16)14-9/h5-7,11,15H,4H2,1-3H3,(H,14,16). The Hall–Kier alpha value is -1.55. The molecule has 17 heavy (non-hydrogen) atoms. The van der Waals surface area contributed by atoms with Crippen molar-refractivity contribution in [3.63, 3.8) is 0 Å². The van der Waals surface area contributed by atoms with Crippen molar-refractivity contribution in [2.45, 2.75) is 33.3 Å². The molecule has 0 spiro atoms. The van der Waals surface area contributed by atoms with Crippen LogP contribution in [0.25, 0.3) is 11.1 Å². The SMILES string of the molecule is CCC(C)(C)C(O)c1ccc2[nH]c(=O)oc2c1. The van der Waals surface area contributed by atoms with Gasteiger partial charge < -0.3 is 9.52 Å². The molecule has 1 aromatic heterocycles. The van der Waals surface area contributed by atoms with Gasteiger partial charge in [-0.05, 0) is 29.5 Å². The van der Waals surface area contributed by atoms with Crippen molar-refractivity contribution in [3.8, 4) is 0 Å². The second kappa shape index (κ2) is 4.04. The summed E-state index contributed by atoms with van der Waals surface area (Å²) in [6, 6.07) is 5.29. The molecule has 92 valence electrons. The van der Waals surface area contributed by atoms with Crippen LogP contribution in [0.3, 0.4) is 0 Å². The summed E-state index contributed by atoms with van der Waals surface area (Å²) in [5.41, 5.74) is 1.70. The maximum absolute atomic E-state index is 11.0. The van der Waals surface area contributed by atoms with E-state index >= 15 is 0 Å². The normalized spacial score (nSPS) is 14.1. The van der Waals surface area contributed by atoms with Gasteiger partial charge in [0, 0.05) is 0 Å². The summed E-state index contributed by atoms with van der Waals surface area (Å²) >= 11 is 0. The van der Waals surface area contributed by atoms with Crippen molar-refractivity contribution in [1.29, 1.82) is 0 Å². The summed E-state index contributed by atoms with van der Waals surface area (Å²) in [6.45, 7) is 6.06. The van der Waals surface area contributed by atoms with Gasteiger partial charge >= 0.3 is 5.76 Å². The van der Waals surface area contributed by atoms with E-state index in [-0.39, 0.29) is 5.41 Å². The summed E-state index contributed by atoms with van der Waals surface area (Å²) in [5, 5.41) is 10.3. The third-order valence-electron chi connectivity index (χ3n) is 3.41. The third kappa shape index (κ3) is 2.13. The first kappa shape index (κ1) is 11.9. The van der Waals surface area contributed by atoms with E-state index in [9.17, 15) is 9.90 Å². The smallest absolute Gasteiger partial charge is 0.408 e. The number of aromatic amines is 1. The van der Waals surface area contributed by atoms with Gasteiger partial charge in [0.2, 0.25) is 0 Å². The van der Waals surface area contributed by atoms with Crippen LogP contribution in [0.15, 0.2) is 27.4 Å². The van der Waals surface area contributed by atoms with Crippen LogP contribution in [0.5, 0.6) is 0 Å². The summed E-state index contributed by atoms with van der Waals surface area (Å²) in [5.74, 6) is -0.471. The van der Waals surface area contributed by atoms with Crippen molar-refractivity contribution in [1.82, 2.24) is 4.98 Å². The molecular weight excluding hydrogens is 218 g/mol. The van der Waals surface area contributed by atoms with E-state index in [4.69, 9.17) is 4.42 Å². The molecule has 1 atom stereocenters. The van der Waals surface area contributed by atoms with Crippen LogP contribution in [-0.4, -0.2) is 10.1 Å². The van der Waals surface area contributed by atoms with Gasteiger partial charge in [0.15, 0.2) is 5.58 Å². The van der Waals surface area contributed by atoms with E-state index in [1.165, 1.54) is 0 Å². The zero-order chi connectivity index (χ0) is 12.6. The first-order valence-corrected chi connectivity index (χ1v) is 5.75. The molecule has 0 aliphatic rings. The Labute approximate surface area is 99.3 Å². The number of rotatable bonds is 3. The number of aliphatic hydroxyl groups is 1. The molecular formula is C13H17NO3. The van der Waals surface area contributed by atoms with Crippen molar-refractivity contribution in [3.05, 3.63) is 34.3 Å². The van der Waals surface area contributed by atoms with Gasteiger partial charge in [0.05, 0.1) is 11.6 Å². The molecule has 0 amide bonds. The molecule has 0 saturated heterocycles. The minimum absolute atomic E-state index is 0.204. The quantitative estimate of drug-likeness (QED) is 0.859. The second-order valence-electron chi connectivity index (χ2n) is 5.01. The van der Waals surface area contributed by atoms with E-state index in [0.717, 1.165) is 12.0 Å². The zero-order valence-electron chi connectivity index (χ0n) is 10.3. The van der Waals surface area contributed by atoms with Crippen LogP contribution < -0.4 is 5.76 Å². The summed E-state index contributed by atoms with van der Waals surface area (Å²) < 4.78 is 4.98. The lowest BCUT2D eigenvalue weighted by atomic mass is 9.80. The van der Waals surface area contributed by atoms with Gasteiger partial charge in [-0.3, -0.25) is 4.98 Å². The number of benzene rings is 1. The molecule has 0 saturated carbocycles.